The third kappa shape index (κ3) is 5.28. The van der Waals surface area contributed by atoms with Crippen molar-refractivity contribution < 1.29 is 14.3 Å². The lowest BCUT2D eigenvalue weighted by Gasteiger charge is -2.27. The van der Waals surface area contributed by atoms with Gasteiger partial charge in [0.05, 0.1) is 25.9 Å². The number of hydrogen-bond acceptors (Lipinski definition) is 7. The van der Waals surface area contributed by atoms with Crippen LogP contribution in [0.5, 0.6) is 0 Å². The number of aromatic nitrogens is 2. The number of esters is 1. The van der Waals surface area contributed by atoms with Crippen molar-refractivity contribution in [3.63, 3.8) is 0 Å². The monoisotopic (exact) mass is 430 g/mol. The van der Waals surface area contributed by atoms with E-state index < -0.39 is 11.7 Å². The second-order valence-corrected chi connectivity index (χ2v) is 7.02. The second kappa shape index (κ2) is 10.1. The van der Waals surface area contributed by atoms with E-state index in [1.165, 1.54) is 13.3 Å². The Balaban J connectivity index is 1.66. The van der Waals surface area contributed by atoms with Crippen LogP contribution in [-0.4, -0.2) is 42.8 Å². The summed E-state index contributed by atoms with van der Waals surface area (Å²) in [6.07, 6.45) is 3.36. The van der Waals surface area contributed by atoms with Crippen LogP contribution in [0.25, 0.3) is 0 Å². The van der Waals surface area contributed by atoms with Crippen LogP contribution < -0.4 is 16.3 Å². The molecule has 0 saturated heterocycles. The Labute approximate surface area is 179 Å². The molecule has 1 aromatic carbocycles. The number of dihydropyridines is 1. The van der Waals surface area contributed by atoms with Crippen molar-refractivity contribution in [1.29, 1.82) is 0 Å². The Morgan fingerprint density at radius 2 is 2.10 bits per heavy atom. The van der Waals surface area contributed by atoms with Crippen molar-refractivity contribution in [3.05, 3.63) is 80.6 Å². The van der Waals surface area contributed by atoms with Crippen molar-refractivity contribution in [3.8, 4) is 0 Å². The van der Waals surface area contributed by atoms with Gasteiger partial charge in [0.15, 0.2) is 0 Å². The highest BCUT2D eigenvalue weighted by atomic mass is 35.5. The third-order valence-corrected chi connectivity index (χ3v) is 4.91. The molecule has 1 aromatic heterocycles. The maximum Gasteiger partial charge on any atom is 0.346 e. The number of methoxy groups -OCH3 is 1. The van der Waals surface area contributed by atoms with Crippen LogP contribution in [0.1, 0.15) is 18.4 Å². The fourth-order valence-corrected chi connectivity index (χ4v) is 3.48. The molecule has 158 valence electrons. The van der Waals surface area contributed by atoms with E-state index in [-0.39, 0.29) is 5.92 Å². The van der Waals surface area contributed by atoms with Gasteiger partial charge in [-0.2, -0.15) is 0 Å². The molecule has 0 radical (unpaired) electrons. The van der Waals surface area contributed by atoms with E-state index in [2.05, 4.69) is 20.6 Å². The molecule has 2 aromatic rings. The Morgan fingerprint density at radius 1 is 1.30 bits per heavy atom. The molecule has 0 amide bonds. The summed E-state index contributed by atoms with van der Waals surface area (Å²) in [7, 11) is 1.36. The Kier molecular flexibility index (Phi) is 7.26. The molecule has 1 aliphatic rings. The van der Waals surface area contributed by atoms with Gasteiger partial charge in [0.1, 0.15) is 5.82 Å². The average molecular weight is 431 g/mol. The highest BCUT2D eigenvalue weighted by Gasteiger charge is 2.29. The van der Waals surface area contributed by atoms with Crippen LogP contribution in [0.2, 0.25) is 5.02 Å². The SMILES string of the molecule is COC(=O)C1=C(C)NC(COCCNc2ccnc(=O)[nH]2)=CC1c1ccccc1Cl. The normalized spacial score (nSPS) is 16.0. The standard InChI is InChI=1S/C21H23ClN4O4/c1-13-19(20(27)29-2)16(15-5-3-4-6-17(15)22)11-14(25-13)12-30-10-9-23-18-7-8-24-21(28)26-18/h3-8,11,16,25H,9-10,12H2,1-2H3,(H2,23,24,26,28). The summed E-state index contributed by atoms with van der Waals surface area (Å²) < 4.78 is 10.7. The molecule has 30 heavy (non-hydrogen) atoms. The number of carbonyl (C=O) groups is 1. The zero-order chi connectivity index (χ0) is 21.5. The molecule has 9 heteroatoms. The number of rotatable bonds is 8. The smallest absolute Gasteiger partial charge is 0.346 e. The lowest BCUT2D eigenvalue weighted by molar-refractivity contribution is -0.136. The van der Waals surface area contributed by atoms with Crippen molar-refractivity contribution in [2.75, 3.05) is 32.2 Å². The van der Waals surface area contributed by atoms with Gasteiger partial charge in [0.2, 0.25) is 0 Å². The summed E-state index contributed by atoms with van der Waals surface area (Å²) in [6, 6.07) is 9.08. The molecule has 8 nitrogen and oxygen atoms in total. The van der Waals surface area contributed by atoms with Crippen LogP contribution in [0.4, 0.5) is 5.82 Å². The molecule has 0 saturated carbocycles. The number of allylic oxidation sites excluding steroid dienone is 2. The number of hydrogen-bond donors (Lipinski definition) is 3. The minimum Gasteiger partial charge on any atom is -0.466 e. The number of H-pyrrole nitrogens is 1. The van der Waals surface area contributed by atoms with Gasteiger partial charge in [-0.1, -0.05) is 35.9 Å². The molecular formula is C21H23ClN4O4. The number of halogens is 1. The number of nitrogens with zero attached hydrogens (tertiary/aromatic N) is 1. The summed E-state index contributed by atoms with van der Waals surface area (Å²) in [5, 5.41) is 6.84. The molecule has 0 fully saturated rings. The van der Waals surface area contributed by atoms with E-state index >= 15 is 0 Å². The van der Waals surface area contributed by atoms with Gasteiger partial charge in [-0.3, -0.25) is 4.98 Å². The van der Waals surface area contributed by atoms with Crippen LogP contribution in [0.3, 0.4) is 0 Å². The van der Waals surface area contributed by atoms with Gasteiger partial charge in [0, 0.05) is 35.1 Å². The number of anilines is 1. The Hall–Kier alpha value is -3.10. The molecule has 0 aliphatic carbocycles. The number of nitrogens with one attached hydrogen (secondary N) is 3. The summed E-state index contributed by atoms with van der Waals surface area (Å²) in [4.78, 5) is 29.7. The second-order valence-electron chi connectivity index (χ2n) is 6.61. The van der Waals surface area contributed by atoms with Crippen molar-refractivity contribution in [2.45, 2.75) is 12.8 Å². The van der Waals surface area contributed by atoms with Gasteiger partial charge in [-0.25, -0.2) is 14.6 Å². The largest absolute Gasteiger partial charge is 0.466 e. The summed E-state index contributed by atoms with van der Waals surface area (Å²) in [5.41, 5.74) is 2.44. The number of ether oxygens (including phenoxy) is 2. The fraction of sp³-hybridized carbons (Fsp3) is 0.286. The van der Waals surface area contributed by atoms with Crippen LogP contribution >= 0.6 is 11.6 Å². The zero-order valence-electron chi connectivity index (χ0n) is 16.7. The molecule has 3 N–H and O–H groups in total. The molecular weight excluding hydrogens is 408 g/mol. The lowest BCUT2D eigenvalue weighted by atomic mass is 9.86. The van der Waals surface area contributed by atoms with E-state index in [4.69, 9.17) is 21.1 Å². The predicted octanol–water partition coefficient (Wildman–Crippen LogP) is 2.57. The summed E-state index contributed by atoms with van der Waals surface area (Å²) in [6.45, 7) is 3.06. The number of aromatic amines is 1. The van der Waals surface area contributed by atoms with Crippen molar-refractivity contribution >= 4 is 23.4 Å². The molecule has 1 aliphatic heterocycles. The number of carbonyl (C=O) groups excluding carboxylic acids is 1. The summed E-state index contributed by atoms with van der Waals surface area (Å²) >= 11 is 6.39. The van der Waals surface area contributed by atoms with Gasteiger partial charge in [-0.15, -0.1) is 0 Å². The maximum atomic E-state index is 12.4. The predicted molar refractivity (Wildman–Crippen MR) is 114 cm³/mol. The molecule has 0 spiro atoms. The molecule has 1 unspecified atom stereocenters. The van der Waals surface area contributed by atoms with E-state index in [1.54, 1.807) is 12.1 Å². The van der Waals surface area contributed by atoms with Gasteiger partial charge in [0.25, 0.3) is 0 Å². The van der Waals surface area contributed by atoms with Crippen molar-refractivity contribution in [2.24, 2.45) is 0 Å². The Bertz CT molecular complexity index is 1030. The minimum absolute atomic E-state index is 0.321. The first kappa shape index (κ1) is 21.6. The van der Waals surface area contributed by atoms with Crippen LogP contribution in [0, 0.1) is 0 Å². The quantitative estimate of drug-likeness (QED) is 0.436. The first-order valence-electron chi connectivity index (χ1n) is 9.37. The van der Waals surface area contributed by atoms with Crippen LogP contribution in [0.15, 0.2) is 64.4 Å². The van der Waals surface area contributed by atoms with Crippen molar-refractivity contribution in [1.82, 2.24) is 15.3 Å². The van der Waals surface area contributed by atoms with Gasteiger partial charge >= 0.3 is 11.7 Å². The topological polar surface area (TPSA) is 105 Å². The van der Waals surface area contributed by atoms with E-state index in [0.717, 1.165) is 11.3 Å². The van der Waals surface area contributed by atoms with E-state index in [9.17, 15) is 9.59 Å². The third-order valence-electron chi connectivity index (χ3n) is 4.57. The molecule has 2 heterocycles. The van der Waals surface area contributed by atoms with Crippen LogP contribution in [-0.2, 0) is 14.3 Å². The van der Waals surface area contributed by atoms with Gasteiger partial charge < -0.3 is 20.1 Å². The first-order chi connectivity index (χ1) is 14.5. The van der Waals surface area contributed by atoms with E-state index in [1.807, 2.05) is 31.2 Å². The van der Waals surface area contributed by atoms with Gasteiger partial charge in [-0.05, 0) is 24.6 Å². The molecule has 3 rings (SSSR count). The number of benzene rings is 1. The maximum absolute atomic E-state index is 12.4. The highest BCUT2D eigenvalue weighted by Crippen LogP contribution is 2.36. The zero-order valence-corrected chi connectivity index (χ0v) is 17.5. The lowest BCUT2D eigenvalue weighted by Crippen LogP contribution is -2.28. The molecule has 0 bridgehead atoms. The minimum atomic E-state index is -0.410. The summed E-state index contributed by atoms with van der Waals surface area (Å²) in [5.74, 6) is -0.170. The fourth-order valence-electron chi connectivity index (χ4n) is 3.23. The van der Waals surface area contributed by atoms with E-state index in [0.29, 0.717) is 41.9 Å². The average Bonchev–Trinajstić information content (AvgIpc) is 2.73. The highest BCUT2D eigenvalue weighted by molar-refractivity contribution is 6.31. The Morgan fingerprint density at radius 3 is 2.83 bits per heavy atom. The molecule has 1 atom stereocenters. The first-order valence-corrected chi connectivity index (χ1v) is 9.75.